The minimum absolute atomic E-state index is 0.122. The van der Waals surface area contributed by atoms with Crippen molar-refractivity contribution in [3.05, 3.63) is 60.4 Å². The number of nitrogens with zero attached hydrogens (tertiary/aromatic N) is 4. The quantitative estimate of drug-likeness (QED) is 0.723. The van der Waals surface area contributed by atoms with Crippen LogP contribution >= 0.6 is 0 Å². The van der Waals surface area contributed by atoms with Gasteiger partial charge in [0.1, 0.15) is 11.8 Å². The number of hydrogen-bond acceptors (Lipinski definition) is 4. The molecule has 0 spiro atoms. The lowest BCUT2D eigenvalue weighted by Gasteiger charge is -2.34. The summed E-state index contributed by atoms with van der Waals surface area (Å²) in [5.41, 5.74) is 4.16. The van der Waals surface area contributed by atoms with Crippen molar-refractivity contribution in [2.45, 2.75) is 19.3 Å². The third kappa shape index (κ3) is 4.27. The molecule has 29 heavy (non-hydrogen) atoms. The Morgan fingerprint density at radius 1 is 1.07 bits per heavy atom. The second kappa shape index (κ2) is 8.66. The molecule has 6 heteroatoms. The van der Waals surface area contributed by atoms with Crippen LogP contribution in [0.25, 0.3) is 11.0 Å². The molecule has 1 aromatic heterocycles. The molecule has 1 saturated heterocycles. The Morgan fingerprint density at radius 2 is 1.83 bits per heavy atom. The maximum Gasteiger partial charge on any atom is 0.327 e. The molecule has 0 radical (unpaired) electrons. The second-order valence-corrected chi connectivity index (χ2v) is 7.88. The molecule has 0 unspecified atom stereocenters. The molecule has 1 amide bonds. The highest BCUT2D eigenvalue weighted by atomic mass is 16.2. The van der Waals surface area contributed by atoms with E-state index in [9.17, 15) is 4.79 Å². The average molecular weight is 392 g/mol. The fourth-order valence-corrected chi connectivity index (χ4v) is 3.92. The number of benzene rings is 2. The summed E-state index contributed by atoms with van der Waals surface area (Å²) in [4.78, 5) is 22.0. The number of piperazine rings is 1. The van der Waals surface area contributed by atoms with Gasteiger partial charge in [0.25, 0.3) is 0 Å². The van der Waals surface area contributed by atoms with Crippen LogP contribution in [0.2, 0.25) is 0 Å². The van der Waals surface area contributed by atoms with Crippen LogP contribution in [0, 0.1) is 0 Å². The monoisotopic (exact) mass is 391 g/mol. The van der Waals surface area contributed by atoms with Crippen molar-refractivity contribution < 1.29 is 4.79 Å². The summed E-state index contributed by atoms with van der Waals surface area (Å²) in [6.07, 6.45) is 2.54. The Morgan fingerprint density at radius 3 is 2.59 bits per heavy atom. The number of likely N-dealkylation sites (N-methyl/N-ethyl adjacent to an activating group) is 1. The smallest absolute Gasteiger partial charge is 0.327 e. The molecule has 152 valence electrons. The molecule has 1 atom stereocenters. The van der Waals surface area contributed by atoms with E-state index in [-0.39, 0.29) is 6.03 Å². The van der Waals surface area contributed by atoms with Crippen LogP contribution < -0.4 is 10.2 Å². The maximum absolute atomic E-state index is 12.8. The molecule has 2 aromatic carbocycles. The van der Waals surface area contributed by atoms with Gasteiger partial charge in [0.2, 0.25) is 0 Å². The highest BCUT2D eigenvalue weighted by molar-refractivity contribution is 5.95. The first-order valence-electron chi connectivity index (χ1n) is 10.4. The minimum atomic E-state index is -0.122. The Bertz CT molecular complexity index is 960. The fourth-order valence-electron chi connectivity index (χ4n) is 3.92. The number of aromatic nitrogens is 2. The largest absolute Gasteiger partial charge is 0.367 e. The van der Waals surface area contributed by atoms with E-state index < -0.39 is 0 Å². The second-order valence-electron chi connectivity index (χ2n) is 7.88. The van der Waals surface area contributed by atoms with E-state index in [2.05, 4.69) is 64.4 Å². The third-order valence-electron chi connectivity index (χ3n) is 5.84. The molecule has 3 aromatic rings. The first-order chi connectivity index (χ1) is 14.1. The van der Waals surface area contributed by atoms with Crippen LogP contribution in [0.4, 0.5) is 10.5 Å². The highest BCUT2D eigenvalue weighted by Crippen LogP contribution is 2.26. The Labute approximate surface area is 172 Å². The van der Waals surface area contributed by atoms with Gasteiger partial charge in [0, 0.05) is 32.7 Å². The molecule has 4 rings (SSSR count). The predicted octanol–water partition coefficient (Wildman–Crippen LogP) is 3.54. The van der Waals surface area contributed by atoms with Crippen molar-refractivity contribution in [2.24, 2.45) is 0 Å². The van der Waals surface area contributed by atoms with Crippen LogP contribution in [-0.2, 0) is 0 Å². The SMILES string of the molecule is C[C@@H](CCNC(=O)n1cnc2c(N3CCN(C)CC3)cccc21)c1ccccc1. The lowest BCUT2D eigenvalue weighted by atomic mass is 9.98. The average Bonchev–Trinajstić information content (AvgIpc) is 3.19. The minimum Gasteiger partial charge on any atom is -0.367 e. The number of carbonyl (C=O) groups is 1. The third-order valence-corrected chi connectivity index (χ3v) is 5.84. The zero-order valence-electron chi connectivity index (χ0n) is 17.2. The van der Waals surface area contributed by atoms with E-state index in [0.717, 1.165) is 49.3 Å². The molecule has 1 aliphatic rings. The molecule has 0 bridgehead atoms. The fraction of sp³-hybridized carbons (Fsp3) is 0.391. The summed E-state index contributed by atoms with van der Waals surface area (Å²) in [6.45, 7) is 6.86. The van der Waals surface area contributed by atoms with Gasteiger partial charge < -0.3 is 15.1 Å². The molecule has 0 aliphatic carbocycles. The number of carbonyl (C=O) groups excluding carboxylic acids is 1. The standard InChI is InChI=1S/C23H29N5O/c1-18(19-7-4-3-5-8-19)11-12-24-23(29)28-17-25-22-20(9-6-10-21(22)28)27-15-13-26(2)14-16-27/h3-10,17-18H,11-16H2,1-2H3,(H,24,29)/t18-/m0/s1. The van der Waals surface area contributed by atoms with E-state index in [1.807, 2.05) is 18.2 Å². The summed E-state index contributed by atoms with van der Waals surface area (Å²) in [7, 11) is 2.15. The van der Waals surface area contributed by atoms with Crippen LogP contribution in [0.1, 0.15) is 24.8 Å². The summed E-state index contributed by atoms with van der Waals surface area (Å²) < 4.78 is 1.63. The van der Waals surface area contributed by atoms with Crippen LogP contribution in [0.3, 0.4) is 0 Å². The van der Waals surface area contributed by atoms with Crippen molar-refractivity contribution in [3.63, 3.8) is 0 Å². The van der Waals surface area contributed by atoms with Crippen molar-refractivity contribution in [2.75, 3.05) is 44.7 Å². The maximum atomic E-state index is 12.8. The molecule has 2 heterocycles. The number of fused-ring (bicyclic) bond motifs is 1. The van der Waals surface area contributed by atoms with Gasteiger partial charge in [-0.05, 0) is 37.1 Å². The number of para-hydroxylation sites is 1. The number of hydrogen-bond donors (Lipinski definition) is 1. The zero-order valence-corrected chi connectivity index (χ0v) is 17.2. The van der Waals surface area contributed by atoms with Gasteiger partial charge in [-0.15, -0.1) is 0 Å². The zero-order chi connectivity index (χ0) is 20.2. The lowest BCUT2D eigenvalue weighted by Crippen LogP contribution is -2.44. The van der Waals surface area contributed by atoms with Crippen LogP contribution in [0.15, 0.2) is 54.9 Å². The first-order valence-corrected chi connectivity index (χ1v) is 10.4. The van der Waals surface area contributed by atoms with Gasteiger partial charge in [-0.3, -0.25) is 4.57 Å². The van der Waals surface area contributed by atoms with Crippen molar-refractivity contribution >= 4 is 22.8 Å². The molecular formula is C23H29N5O. The summed E-state index contributed by atoms with van der Waals surface area (Å²) in [5, 5.41) is 3.05. The molecule has 1 N–H and O–H groups in total. The number of nitrogens with one attached hydrogen (secondary N) is 1. The van der Waals surface area contributed by atoms with E-state index in [0.29, 0.717) is 12.5 Å². The number of amides is 1. The van der Waals surface area contributed by atoms with Crippen LogP contribution in [-0.4, -0.2) is 60.3 Å². The van der Waals surface area contributed by atoms with Gasteiger partial charge >= 0.3 is 6.03 Å². The molecule has 1 aliphatic heterocycles. The van der Waals surface area contributed by atoms with Gasteiger partial charge in [0.05, 0.1) is 11.2 Å². The highest BCUT2D eigenvalue weighted by Gasteiger charge is 2.19. The predicted molar refractivity (Wildman–Crippen MR) is 118 cm³/mol. The normalized spacial score (nSPS) is 16.1. The van der Waals surface area contributed by atoms with E-state index in [4.69, 9.17) is 0 Å². The molecule has 6 nitrogen and oxygen atoms in total. The van der Waals surface area contributed by atoms with Gasteiger partial charge in [0.15, 0.2) is 0 Å². The van der Waals surface area contributed by atoms with Crippen molar-refractivity contribution in [1.29, 1.82) is 0 Å². The number of imidazole rings is 1. The summed E-state index contributed by atoms with van der Waals surface area (Å²) >= 11 is 0. The molecule has 0 saturated carbocycles. The Kier molecular flexibility index (Phi) is 5.81. The van der Waals surface area contributed by atoms with Gasteiger partial charge in [-0.2, -0.15) is 0 Å². The Hall–Kier alpha value is -2.86. The number of anilines is 1. The molecular weight excluding hydrogens is 362 g/mol. The lowest BCUT2D eigenvalue weighted by molar-refractivity contribution is 0.243. The number of rotatable bonds is 5. The van der Waals surface area contributed by atoms with Crippen LogP contribution in [0.5, 0.6) is 0 Å². The van der Waals surface area contributed by atoms with Crippen molar-refractivity contribution in [1.82, 2.24) is 19.8 Å². The topological polar surface area (TPSA) is 53.4 Å². The van der Waals surface area contributed by atoms with Gasteiger partial charge in [-0.25, -0.2) is 9.78 Å². The first kappa shape index (κ1) is 19.5. The van der Waals surface area contributed by atoms with E-state index in [1.54, 1.807) is 10.9 Å². The molecule has 1 fully saturated rings. The van der Waals surface area contributed by atoms with E-state index in [1.165, 1.54) is 5.56 Å². The Balaban J connectivity index is 1.42. The summed E-state index contributed by atoms with van der Waals surface area (Å²) in [5.74, 6) is 0.403. The van der Waals surface area contributed by atoms with Crippen molar-refractivity contribution in [3.8, 4) is 0 Å². The van der Waals surface area contributed by atoms with E-state index >= 15 is 0 Å². The summed E-state index contributed by atoms with van der Waals surface area (Å²) in [6, 6.07) is 16.4. The van der Waals surface area contributed by atoms with Gasteiger partial charge in [-0.1, -0.05) is 43.3 Å².